The molecule has 3 amide bonds. The maximum atomic E-state index is 14.7. The molecule has 200 valence electrons. The number of pyridine rings is 1. The van der Waals surface area contributed by atoms with Crippen LogP contribution in [0.2, 0.25) is 0 Å². The van der Waals surface area contributed by atoms with Gasteiger partial charge in [-0.05, 0) is 55.3 Å². The Kier molecular flexibility index (Phi) is 8.62. The molecule has 0 radical (unpaired) electrons. The minimum Gasteiger partial charge on any atom is -0.457 e. The molecule has 0 saturated carbocycles. The van der Waals surface area contributed by atoms with Crippen molar-refractivity contribution in [1.29, 1.82) is 0 Å². The second-order valence-corrected chi connectivity index (χ2v) is 8.55. The molecule has 0 saturated heterocycles. The van der Waals surface area contributed by atoms with Crippen LogP contribution in [0.25, 0.3) is 11.4 Å². The standard InChI is InChI=1S/C28H25F2N5O4/c1-17-4-6-21(29)24(12-17)35-28(38)34-23-7-5-19(14-22(23)30)39-20-8-10-31-26(15-20)25-13-18(16-33-25)27(37)32-9-2-3-11-36/h4-8,10-16,33H,2-3,9H2,1H3,(H,32,37)(H2,34,35,38). The third-order valence-corrected chi connectivity index (χ3v) is 5.53. The number of aryl methyl sites for hydroxylation is 1. The van der Waals surface area contributed by atoms with Crippen LogP contribution in [0.5, 0.6) is 11.5 Å². The number of halogens is 2. The number of aldehydes is 1. The summed E-state index contributed by atoms with van der Waals surface area (Å²) in [5, 5.41) is 7.44. The van der Waals surface area contributed by atoms with Crippen molar-refractivity contribution in [1.82, 2.24) is 15.3 Å². The van der Waals surface area contributed by atoms with Gasteiger partial charge in [-0.3, -0.25) is 9.78 Å². The van der Waals surface area contributed by atoms with Crippen LogP contribution in [0.1, 0.15) is 28.8 Å². The maximum absolute atomic E-state index is 14.7. The summed E-state index contributed by atoms with van der Waals surface area (Å²) in [5.41, 5.74) is 2.08. The Morgan fingerprint density at radius 2 is 1.77 bits per heavy atom. The molecule has 0 aliphatic rings. The van der Waals surface area contributed by atoms with E-state index in [2.05, 4.69) is 25.9 Å². The van der Waals surface area contributed by atoms with Crippen LogP contribution in [0.15, 0.2) is 67.0 Å². The Bertz CT molecular complexity index is 1510. The van der Waals surface area contributed by atoms with Gasteiger partial charge in [-0.2, -0.15) is 0 Å². The second-order valence-electron chi connectivity index (χ2n) is 8.55. The Morgan fingerprint density at radius 1 is 0.974 bits per heavy atom. The first kappa shape index (κ1) is 27.0. The number of nitrogens with zero attached hydrogens (tertiary/aromatic N) is 1. The number of amides is 3. The number of nitrogens with one attached hydrogen (secondary N) is 4. The van der Waals surface area contributed by atoms with Crippen molar-refractivity contribution in [3.8, 4) is 22.9 Å². The number of hydrogen-bond acceptors (Lipinski definition) is 5. The predicted molar refractivity (Wildman–Crippen MR) is 142 cm³/mol. The van der Waals surface area contributed by atoms with Gasteiger partial charge in [-0.25, -0.2) is 13.6 Å². The van der Waals surface area contributed by atoms with Crippen LogP contribution in [0.3, 0.4) is 0 Å². The molecule has 0 fully saturated rings. The fraction of sp³-hybridized carbons (Fsp3) is 0.143. The molecule has 4 aromatic rings. The van der Waals surface area contributed by atoms with Gasteiger partial charge in [0, 0.05) is 37.5 Å². The highest BCUT2D eigenvalue weighted by Crippen LogP contribution is 2.28. The number of benzene rings is 2. The van der Waals surface area contributed by atoms with Gasteiger partial charge in [0.15, 0.2) is 0 Å². The van der Waals surface area contributed by atoms with Crippen LogP contribution in [0.4, 0.5) is 25.0 Å². The third-order valence-electron chi connectivity index (χ3n) is 5.53. The van der Waals surface area contributed by atoms with Gasteiger partial charge in [0.05, 0.1) is 28.3 Å². The van der Waals surface area contributed by atoms with E-state index in [1.165, 1.54) is 30.5 Å². The average Bonchev–Trinajstić information content (AvgIpc) is 3.41. The number of carbonyl (C=O) groups is 3. The lowest BCUT2D eigenvalue weighted by Crippen LogP contribution is -2.23. The summed E-state index contributed by atoms with van der Waals surface area (Å²) in [6.45, 7) is 2.14. The molecular formula is C28H25F2N5O4. The first-order valence-electron chi connectivity index (χ1n) is 12.0. The molecule has 0 atom stereocenters. The summed E-state index contributed by atoms with van der Waals surface area (Å²) in [5.74, 6) is -1.11. The van der Waals surface area contributed by atoms with E-state index in [1.807, 2.05) is 0 Å². The van der Waals surface area contributed by atoms with Gasteiger partial charge < -0.3 is 30.5 Å². The van der Waals surface area contributed by atoms with E-state index in [0.717, 1.165) is 17.9 Å². The number of unbranched alkanes of at least 4 members (excludes halogenated alkanes) is 1. The largest absolute Gasteiger partial charge is 0.457 e. The van der Waals surface area contributed by atoms with E-state index in [9.17, 15) is 23.2 Å². The Balaban J connectivity index is 1.38. The predicted octanol–water partition coefficient (Wildman–Crippen LogP) is 5.81. The molecule has 11 heteroatoms. The molecule has 4 rings (SSSR count). The monoisotopic (exact) mass is 533 g/mol. The average molecular weight is 534 g/mol. The van der Waals surface area contributed by atoms with Crippen molar-refractivity contribution in [2.75, 3.05) is 17.2 Å². The van der Waals surface area contributed by atoms with Crippen molar-refractivity contribution in [2.45, 2.75) is 19.8 Å². The summed E-state index contributed by atoms with van der Waals surface area (Å²) in [4.78, 5) is 42.2. The van der Waals surface area contributed by atoms with E-state index < -0.39 is 17.7 Å². The summed E-state index contributed by atoms with van der Waals surface area (Å²) in [6, 6.07) is 12.2. The molecule has 4 N–H and O–H groups in total. The number of rotatable bonds is 10. The van der Waals surface area contributed by atoms with Crippen molar-refractivity contribution in [2.24, 2.45) is 0 Å². The van der Waals surface area contributed by atoms with Crippen molar-refractivity contribution in [3.63, 3.8) is 0 Å². The van der Waals surface area contributed by atoms with Gasteiger partial charge in [0.2, 0.25) is 0 Å². The number of carbonyl (C=O) groups excluding carboxylic acids is 3. The van der Waals surface area contributed by atoms with Crippen molar-refractivity contribution in [3.05, 3.63) is 89.8 Å². The van der Waals surface area contributed by atoms with Gasteiger partial charge in [-0.1, -0.05) is 6.07 Å². The summed E-state index contributed by atoms with van der Waals surface area (Å²) in [7, 11) is 0. The van der Waals surface area contributed by atoms with Gasteiger partial charge in [0.1, 0.15) is 29.4 Å². The molecule has 9 nitrogen and oxygen atoms in total. The molecule has 0 aliphatic heterocycles. The van der Waals surface area contributed by atoms with E-state index in [4.69, 9.17) is 4.74 Å². The van der Waals surface area contributed by atoms with Gasteiger partial charge >= 0.3 is 6.03 Å². The minimum atomic E-state index is -0.800. The van der Waals surface area contributed by atoms with Crippen LogP contribution in [0, 0.1) is 18.6 Å². The highest BCUT2D eigenvalue weighted by atomic mass is 19.1. The smallest absolute Gasteiger partial charge is 0.323 e. The maximum Gasteiger partial charge on any atom is 0.323 e. The quantitative estimate of drug-likeness (QED) is 0.151. The van der Waals surface area contributed by atoms with E-state index >= 15 is 0 Å². The van der Waals surface area contributed by atoms with Gasteiger partial charge in [-0.15, -0.1) is 0 Å². The van der Waals surface area contributed by atoms with E-state index in [0.29, 0.717) is 42.1 Å². The van der Waals surface area contributed by atoms with Crippen molar-refractivity contribution >= 4 is 29.6 Å². The molecule has 0 spiro atoms. The third kappa shape index (κ3) is 7.25. The molecule has 0 unspecified atom stereocenters. The number of urea groups is 1. The first-order chi connectivity index (χ1) is 18.8. The van der Waals surface area contributed by atoms with Crippen LogP contribution >= 0.6 is 0 Å². The van der Waals surface area contributed by atoms with Crippen LogP contribution < -0.4 is 20.7 Å². The molecule has 39 heavy (non-hydrogen) atoms. The molecule has 0 aliphatic carbocycles. The van der Waals surface area contributed by atoms with E-state index in [-0.39, 0.29) is 23.0 Å². The fourth-order valence-electron chi connectivity index (χ4n) is 3.59. The van der Waals surface area contributed by atoms with Crippen molar-refractivity contribution < 1.29 is 27.9 Å². The zero-order chi connectivity index (χ0) is 27.8. The van der Waals surface area contributed by atoms with Crippen LogP contribution in [-0.4, -0.2) is 34.7 Å². The van der Waals surface area contributed by atoms with E-state index in [1.54, 1.807) is 37.4 Å². The Hall–Kier alpha value is -5.06. The highest BCUT2D eigenvalue weighted by Gasteiger charge is 2.13. The number of ether oxygens (including phenoxy) is 1. The van der Waals surface area contributed by atoms with Crippen LogP contribution in [-0.2, 0) is 4.79 Å². The Morgan fingerprint density at radius 3 is 2.56 bits per heavy atom. The molecule has 2 aromatic heterocycles. The first-order valence-corrected chi connectivity index (χ1v) is 12.0. The summed E-state index contributed by atoms with van der Waals surface area (Å²) < 4.78 is 34.3. The second kappa shape index (κ2) is 12.5. The number of aromatic nitrogens is 2. The summed E-state index contributed by atoms with van der Waals surface area (Å²) >= 11 is 0. The van der Waals surface area contributed by atoms with Gasteiger partial charge in [0.25, 0.3) is 5.91 Å². The zero-order valence-corrected chi connectivity index (χ0v) is 20.9. The Labute approximate surface area is 222 Å². The topological polar surface area (TPSA) is 125 Å². The highest BCUT2D eigenvalue weighted by molar-refractivity contribution is 6.00. The molecule has 2 aromatic carbocycles. The lowest BCUT2D eigenvalue weighted by atomic mass is 10.2. The normalized spacial score (nSPS) is 10.5. The molecular weight excluding hydrogens is 508 g/mol. The summed E-state index contributed by atoms with van der Waals surface area (Å²) in [6.07, 6.45) is 4.79. The number of aromatic amines is 1. The minimum absolute atomic E-state index is 0.0224. The fourth-order valence-corrected chi connectivity index (χ4v) is 3.59. The molecule has 2 heterocycles. The lowest BCUT2D eigenvalue weighted by Gasteiger charge is -2.11. The SMILES string of the molecule is Cc1ccc(F)c(NC(=O)Nc2ccc(Oc3ccnc(-c4cc(C(=O)NCCCC=O)c[nH]4)c3)cc2F)c1. The zero-order valence-electron chi connectivity index (χ0n) is 20.9. The number of anilines is 2. The molecule has 0 bridgehead atoms. The number of H-pyrrole nitrogens is 1. The lowest BCUT2D eigenvalue weighted by molar-refractivity contribution is -0.107. The number of hydrogen-bond donors (Lipinski definition) is 4.